The fraction of sp³-hybridized carbons (Fsp3) is 0.667. The Hall–Kier alpha value is -1.65. The van der Waals surface area contributed by atoms with Gasteiger partial charge in [-0.25, -0.2) is 0 Å². The molecule has 166 valence electrons. The van der Waals surface area contributed by atoms with Crippen molar-refractivity contribution < 1.29 is 4.79 Å². The quantitative estimate of drug-likeness (QED) is 0.627. The number of piperidine rings is 1. The minimum absolute atomic E-state index is 0.302. The summed E-state index contributed by atoms with van der Waals surface area (Å²) in [5, 5.41) is 1.37. The summed E-state index contributed by atoms with van der Waals surface area (Å²) in [6.07, 6.45) is 14.6. The maximum Gasteiger partial charge on any atom is 0.176 e. The molecular formula is C27H37N3O. The fourth-order valence-corrected chi connectivity index (χ4v) is 7.07. The number of nitrogens with zero attached hydrogens (tertiary/aromatic N) is 3. The van der Waals surface area contributed by atoms with Crippen molar-refractivity contribution in [1.82, 2.24) is 14.4 Å². The molecule has 2 fully saturated rings. The molecule has 3 heterocycles. The molecule has 1 aromatic heterocycles. The predicted octanol–water partition coefficient (Wildman–Crippen LogP) is 5.34. The van der Waals surface area contributed by atoms with E-state index in [1.807, 2.05) is 0 Å². The number of ketones is 1. The molecule has 31 heavy (non-hydrogen) atoms. The van der Waals surface area contributed by atoms with Gasteiger partial charge in [0, 0.05) is 41.3 Å². The van der Waals surface area contributed by atoms with Crippen molar-refractivity contribution in [2.24, 2.45) is 0 Å². The summed E-state index contributed by atoms with van der Waals surface area (Å²) in [5.41, 5.74) is 5.44. The summed E-state index contributed by atoms with van der Waals surface area (Å²) in [6, 6.07) is 7.99. The molecule has 2 aliphatic carbocycles. The van der Waals surface area contributed by atoms with E-state index in [-0.39, 0.29) is 0 Å². The first-order chi connectivity index (χ1) is 15.3. The number of benzene rings is 1. The van der Waals surface area contributed by atoms with Crippen molar-refractivity contribution in [3.63, 3.8) is 0 Å². The number of aryl methyl sites for hydroxylation is 1. The minimum atomic E-state index is 0.302. The highest BCUT2D eigenvalue weighted by Gasteiger charge is 2.38. The Morgan fingerprint density at radius 1 is 0.871 bits per heavy atom. The van der Waals surface area contributed by atoms with Crippen LogP contribution in [0.25, 0.3) is 10.9 Å². The molecule has 1 unspecified atom stereocenters. The Balaban J connectivity index is 1.32. The van der Waals surface area contributed by atoms with E-state index in [9.17, 15) is 4.79 Å². The number of hydrogen-bond donors (Lipinski definition) is 0. The Bertz CT molecular complexity index is 965. The lowest BCUT2D eigenvalue weighted by Gasteiger charge is -2.45. The first kappa shape index (κ1) is 20.0. The number of fused-ring (bicyclic) bond motifs is 3. The van der Waals surface area contributed by atoms with Gasteiger partial charge in [0.05, 0.1) is 12.6 Å². The summed E-state index contributed by atoms with van der Waals surface area (Å²) in [4.78, 5) is 18.3. The molecule has 1 saturated carbocycles. The Labute approximate surface area is 186 Å². The second-order valence-corrected chi connectivity index (χ2v) is 10.4. The van der Waals surface area contributed by atoms with Crippen LogP contribution in [0.15, 0.2) is 18.2 Å². The highest BCUT2D eigenvalue weighted by molar-refractivity contribution is 6.01. The van der Waals surface area contributed by atoms with Crippen LogP contribution in [0, 0.1) is 0 Å². The summed E-state index contributed by atoms with van der Waals surface area (Å²) in [7, 11) is 0. The second kappa shape index (κ2) is 8.37. The summed E-state index contributed by atoms with van der Waals surface area (Å²) < 4.78 is 2.62. The number of hydrogen-bond acceptors (Lipinski definition) is 3. The predicted molar refractivity (Wildman–Crippen MR) is 126 cm³/mol. The highest BCUT2D eigenvalue weighted by atomic mass is 16.1. The van der Waals surface area contributed by atoms with Crippen LogP contribution in [-0.2, 0) is 13.0 Å². The number of carbonyl (C=O) groups excluding carboxylic acids is 1. The van der Waals surface area contributed by atoms with E-state index < -0.39 is 0 Å². The number of likely N-dealkylation sites (tertiary alicyclic amines) is 1. The minimum Gasteiger partial charge on any atom is -0.342 e. The average Bonchev–Trinajstić information content (AvgIpc) is 3.15. The van der Waals surface area contributed by atoms with Gasteiger partial charge >= 0.3 is 0 Å². The third-order valence-corrected chi connectivity index (χ3v) is 8.60. The SMILES string of the molecule is O=C(CN1CCCCC1)c1ccc2c(c1)c1c3n2CCN(C2CCCCC2)C3CCC1. The van der Waals surface area contributed by atoms with Crippen molar-refractivity contribution in [1.29, 1.82) is 0 Å². The summed E-state index contributed by atoms with van der Waals surface area (Å²) >= 11 is 0. The van der Waals surface area contributed by atoms with Crippen molar-refractivity contribution in [3.05, 3.63) is 35.0 Å². The zero-order chi connectivity index (χ0) is 20.8. The molecule has 4 heteroatoms. The molecule has 0 bridgehead atoms. The molecule has 4 nitrogen and oxygen atoms in total. The molecule has 2 aliphatic heterocycles. The van der Waals surface area contributed by atoms with Crippen LogP contribution in [0.5, 0.6) is 0 Å². The molecule has 0 N–H and O–H groups in total. The topological polar surface area (TPSA) is 28.5 Å². The number of carbonyl (C=O) groups is 1. The number of Topliss-reactive ketones (excluding diaryl/α,β-unsaturated/α-hetero) is 1. The molecule has 6 rings (SSSR count). The molecule has 4 aliphatic rings. The summed E-state index contributed by atoms with van der Waals surface area (Å²) in [5.74, 6) is 0.302. The van der Waals surface area contributed by atoms with Gasteiger partial charge in [-0.15, -0.1) is 0 Å². The number of rotatable bonds is 4. The molecule has 0 amide bonds. The Morgan fingerprint density at radius 3 is 2.52 bits per heavy atom. The fourth-order valence-electron chi connectivity index (χ4n) is 7.07. The first-order valence-corrected chi connectivity index (χ1v) is 13.0. The van der Waals surface area contributed by atoms with Crippen molar-refractivity contribution in [2.45, 2.75) is 89.3 Å². The third-order valence-electron chi connectivity index (χ3n) is 8.60. The van der Waals surface area contributed by atoms with Gasteiger partial charge in [0.15, 0.2) is 5.78 Å². The van der Waals surface area contributed by atoms with Gasteiger partial charge in [0.2, 0.25) is 0 Å². The van der Waals surface area contributed by atoms with Gasteiger partial charge in [-0.3, -0.25) is 14.6 Å². The van der Waals surface area contributed by atoms with E-state index in [4.69, 9.17) is 0 Å². The maximum absolute atomic E-state index is 13.1. The molecule has 1 atom stereocenters. The molecule has 1 saturated heterocycles. The van der Waals surface area contributed by atoms with Crippen molar-refractivity contribution in [2.75, 3.05) is 26.2 Å². The van der Waals surface area contributed by atoms with E-state index in [0.29, 0.717) is 18.4 Å². The normalized spacial score (nSPS) is 25.6. The molecular weight excluding hydrogens is 382 g/mol. The van der Waals surface area contributed by atoms with Crippen LogP contribution >= 0.6 is 0 Å². The lowest BCUT2D eigenvalue weighted by molar-refractivity contribution is 0.0680. The van der Waals surface area contributed by atoms with Crippen LogP contribution in [0.4, 0.5) is 0 Å². The standard InChI is InChI=1S/C27H37N3O/c31-26(19-28-14-5-2-6-15-28)20-12-13-24-23(18-20)22-10-7-11-25-27(22)30(24)17-16-29(25)21-8-3-1-4-9-21/h12-13,18,21,25H,1-11,14-17,19H2. The largest absolute Gasteiger partial charge is 0.342 e. The van der Waals surface area contributed by atoms with Gasteiger partial charge in [-0.2, -0.15) is 0 Å². The zero-order valence-corrected chi connectivity index (χ0v) is 19.0. The molecule has 0 spiro atoms. The maximum atomic E-state index is 13.1. The highest BCUT2D eigenvalue weighted by Crippen LogP contribution is 2.44. The smallest absolute Gasteiger partial charge is 0.176 e. The van der Waals surface area contributed by atoms with E-state index in [1.54, 1.807) is 11.3 Å². The third kappa shape index (κ3) is 3.56. The van der Waals surface area contributed by atoms with Gasteiger partial charge in [-0.1, -0.05) is 25.7 Å². The van der Waals surface area contributed by atoms with Gasteiger partial charge in [0.25, 0.3) is 0 Å². The number of aromatic nitrogens is 1. The van der Waals surface area contributed by atoms with Gasteiger partial charge < -0.3 is 4.57 Å². The lowest BCUT2D eigenvalue weighted by Crippen LogP contribution is -2.46. The monoisotopic (exact) mass is 419 g/mol. The van der Waals surface area contributed by atoms with Crippen LogP contribution in [0.1, 0.15) is 91.9 Å². The lowest BCUT2D eigenvalue weighted by atomic mass is 9.86. The first-order valence-electron chi connectivity index (χ1n) is 13.0. The van der Waals surface area contributed by atoms with Crippen molar-refractivity contribution in [3.8, 4) is 0 Å². The molecule has 1 aromatic carbocycles. The van der Waals surface area contributed by atoms with E-state index in [0.717, 1.165) is 31.2 Å². The van der Waals surface area contributed by atoms with Crippen molar-refractivity contribution >= 4 is 16.7 Å². The Kier molecular flexibility index (Phi) is 5.39. The average molecular weight is 420 g/mol. The Morgan fingerprint density at radius 2 is 1.68 bits per heavy atom. The van der Waals surface area contributed by atoms with E-state index in [1.165, 1.54) is 88.1 Å². The van der Waals surface area contributed by atoms with Crippen LogP contribution in [0.3, 0.4) is 0 Å². The van der Waals surface area contributed by atoms with Crippen LogP contribution in [0.2, 0.25) is 0 Å². The molecule has 2 aromatic rings. The zero-order valence-electron chi connectivity index (χ0n) is 19.0. The van der Waals surface area contributed by atoms with Gasteiger partial charge in [-0.05, 0) is 81.8 Å². The van der Waals surface area contributed by atoms with Crippen LogP contribution in [-0.4, -0.2) is 52.4 Å². The summed E-state index contributed by atoms with van der Waals surface area (Å²) in [6.45, 7) is 5.06. The molecule has 0 radical (unpaired) electrons. The second-order valence-electron chi connectivity index (χ2n) is 10.4. The van der Waals surface area contributed by atoms with Gasteiger partial charge in [0.1, 0.15) is 0 Å². The van der Waals surface area contributed by atoms with Crippen LogP contribution < -0.4 is 0 Å². The van der Waals surface area contributed by atoms with E-state index >= 15 is 0 Å². The van der Waals surface area contributed by atoms with E-state index in [2.05, 4.69) is 32.6 Å².